The highest BCUT2D eigenvalue weighted by Gasteiger charge is 2.19. The summed E-state index contributed by atoms with van der Waals surface area (Å²) in [6, 6.07) is 6.13. The van der Waals surface area contributed by atoms with E-state index >= 15 is 0 Å². The van der Waals surface area contributed by atoms with Gasteiger partial charge in [0.05, 0.1) is 14.2 Å². The summed E-state index contributed by atoms with van der Waals surface area (Å²) in [5.41, 5.74) is 7.37. The Balaban J connectivity index is 2.99. The Morgan fingerprint density at radius 3 is 2.06 bits per heavy atom. The third-order valence-electron chi connectivity index (χ3n) is 3.28. The lowest BCUT2D eigenvalue weighted by molar-refractivity contribution is 0.353. The molecule has 96 valence electrons. The molecule has 0 saturated heterocycles. The maximum Gasteiger partial charge on any atom is 0.160 e. The van der Waals surface area contributed by atoms with E-state index in [9.17, 15) is 0 Å². The van der Waals surface area contributed by atoms with Crippen molar-refractivity contribution in [2.75, 3.05) is 14.2 Å². The molecule has 0 heterocycles. The first-order valence-electron chi connectivity index (χ1n) is 5.98. The van der Waals surface area contributed by atoms with Crippen LogP contribution in [0.4, 0.5) is 0 Å². The summed E-state index contributed by atoms with van der Waals surface area (Å²) in [6.07, 6.45) is 0. The first kappa shape index (κ1) is 13.8. The standard InChI is InChI=1S/C14H23NO2/c1-9(2)14(15)10(3)11-6-7-12(16-4)13(8-11)17-5/h6-10,14H,15H2,1-5H3. The van der Waals surface area contributed by atoms with Crippen LogP contribution in [-0.4, -0.2) is 20.3 Å². The van der Waals surface area contributed by atoms with Crippen LogP contribution in [0.3, 0.4) is 0 Å². The van der Waals surface area contributed by atoms with Crippen molar-refractivity contribution in [1.82, 2.24) is 0 Å². The number of hydrogen-bond acceptors (Lipinski definition) is 3. The summed E-state index contributed by atoms with van der Waals surface area (Å²) < 4.78 is 10.5. The molecular weight excluding hydrogens is 214 g/mol. The molecule has 0 spiro atoms. The summed E-state index contributed by atoms with van der Waals surface area (Å²) >= 11 is 0. The molecule has 17 heavy (non-hydrogen) atoms. The Morgan fingerprint density at radius 1 is 1.00 bits per heavy atom. The minimum absolute atomic E-state index is 0.146. The molecule has 1 aromatic rings. The smallest absolute Gasteiger partial charge is 0.160 e. The first-order chi connectivity index (χ1) is 8.01. The molecule has 2 unspecified atom stereocenters. The predicted molar refractivity (Wildman–Crippen MR) is 70.8 cm³/mol. The minimum atomic E-state index is 0.146. The molecule has 0 aliphatic carbocycles. The molecule has 2 N–H and O–H groups in total. The third kappa shape index (κ3) is 3.13. The molecule has 3 nitrogen and oxygen atoms in total. The van der Waals surface area contributed by atoms with Crippen molar-refractivity contribution >= 4 is 0 Å². The lowest BCUT2D eigenvalue weighted by Gasteiger charge is -2.24. The van der Waals surface area contributed by atoms with Gasteiger partial charge in [-0.3, -0.25) is 0 Å². The van der Waals surface area contributed by atoms with Crippen LogP contribution in [0.1, 0.15) is 32.3 Å². The number of ether oxygens (including phenoxy) is 2. The average molecular weight is 237 g/mol. The van der Waals surface area contributed by atoms with Crippen LogP contribution >= 0.6 is 0 Å². The molecule has 1 aromatic carbocycles. The van der Waals surface area contributed by atoms with Crippen molar-refractivity contribution in [2.24, 2.45) is 11.7 Å². The Kier molecular flexibility index (Phi) is 4.82. The minimum Gasteiger partial charge on any atom is -0.493 e. The summed E-state index contributed by atoms with van der Waals surface area (Å²) in [7, 11) is 3.29. The molecule has 3 heteroatoms. The van der Waals surface area contributed by atoms with E-state index in [0.717, 1.165) is 11.5 Å². The van der Waals surface area contributed by atoms with Gasteiger partial charge >= 0.3 is 0 Å². The molecule has 0 fully saturated rings. The summed E-state index contributed by atoms with van der Waals surface area (Å²) in [5.74, 6) is 2.27. The van der Waals surface area contributed by atoms with Gasteiger partial charge in [-0.1, -0.05) is 26.8 Å². The summed E-state index contributed by atoms with van der Waals surface area (Å²) in [5, 5.41) is 0. The molecule has 0 radical (unpaired) electrons. The molecule has 0 aromatic heterocycles. The van der Waals surface area contributed by atoms with Crippen molar-refractivity contribution < 1.29 is 9.47 Å². The second kappa shape index (κ2) is 5.92. The summed E-state index contributed by atoms with van der Waals surface area (Å²) in [4.78, 5) is 0. The predicted octanol–water partition coefficient (Wildman–Crippen LogP) is 2.79. The Hall–Kier alpha value is -1.22. The Morgan fingerprint density at radius 2 is 1.59 bits per heavy atom. The van der Waals surface area contributed by atoms with Crippen LogP contribution in [0.15, 0.2) is 18.2 Å². The van der Waals surface area contributed by atoms with Gasteiger partial charge < -0.3 is 15.2 Å². The maximum absolute atomic E-state index is 6.18. The average Bonchev–Trinajstić information content (AvgIpc) is 2.35. The zero-order valence-corrected chi connectivity index (χ0v) is 11.4. The van der Waals surface area contributed by atoms with Gasteiger partial charge in [-0.2, -0.15) is 0 Å². The SMILES string of the molecule is COc1ccc(C(C)C(N)C(C)C)cc1OC. The fourth-order valence-corrected chi connectivity index (χ4v) is 1.94. The largest absolute Gasteiger partial charge is 0.493 e. The highest BCUT2D eigenvalue weighted by molar-refractivity contribution is 5.44. The lowest BCUT2D eigenvalue weighted by atomic mass is 9.87. The number of rotatable bonds is 5. The molecule has 1 rings (SSSR count). The number of benzene rings is 1. The molecule has 0 bridgehead atoms. The molecule has 0 aliphatic rings. The van der Waals surface area contributed by atoms with Crippen molar-refractivity contribution in [3.05, 3.63) is 23.8 Å². The van der Waals surface area contributed by atoms with Crippen LogP contribution in [0.5, 0.6) is 11.5 Å². The monoisotopic (exact) mass is 237 g/mol. The van der Waals surface area contributed by atoms with E-state index in [1.165, 1.54) is 5.56 Å². The van der Waals surface area contributed by atoms with E-state index in [-0.39, 0.29) is 6.04 Å². The fourth-order valence-electron chi connectivity index (χ4n) is 1.94. The molecule has 0 amide bonds. The van der Waals surface area contributed by atoms with Crippen LogP contribution < -0.4 is 15.2 Å². The van der Waals surface area contributed by atoms with Gasteiger partial charge in [0.2, 0.25) is 0 Å². The molecule has 2 atom stereocenters. The zero-order chi connectivity index (χ0) is 13.0. The van der Waals surface area contributed by atoms with Crippen LogP contribution in [0, 0.1) is 5.92 Å². The third-order valence-corrected chi connectivity index (χ3v) is 3.28. The van der Waals surface area contributed by atoms with E-state index in [2.05, 4.69) is 20.8 Å². The van der Waals surface area contributed by atoms with E-state index < -0.39 is 0 Å². The highest BCUT2D eigenvalue weighted by atomic mass is 16.5. The van der Waals surface area contributed by atoms with Gasteiger partial charge in [-0.05, 0) is 29.5 Å². The second-order valence-electron chi connectivity index (χ2n) is 4.72. The number of hydrogen-bond donors (Lipinski definition) is 1. The van der Waals surface area contributed by atoms with E-state index in [1.807, 2.05) is 18.2 Å². The molecular formula is C14H23NO2. The zero-order valence-electron chi connectivity index (χ0n) is 11.4. The van der Waals surface area contributed by atoms with Crippen molar-refractivity contribution in [3.63, 3.8) is 0 Å². The van der Waals surface area contributed by atoms with E-state index in [4.69, 9.17) is 15.2 Å². The fraction of sp³-hybridized carbons (Fsp3) is 0.571. The van der Waals surface area contributed by atoms with Gasteiger partial charge in [-0.15, -0.1) is 0 Å². The van der Waals surface area contributed by atoms with Gasteiger partial charge in [0.1, 0.15) is 0 Å². The Labute approximate surface area is 104 Å². The van der Waals surface area contributed by atoms with Gasteiger partial charge in [-0.25, -0.2) is 0 Å². The van der Waals surface area contributed by atoms with Gasteiger partial charge in [0, 0.05) is 6.04 Å². The quantitative estimate of drug-likeness (QED) is 0.856. The second-order valence-corrected chi connectivity index (χ2v) is 4.72. The number of methoxy groups -OCH3 is 2. The van der Waals surface area contributed by atoms with E-state index in [0.29, 0.717) is 11.8 Å². The maximum atomic E-state index is 6.18. The Bertz CT molecular complexity index is 363. The lowest BCUT2D eigenvalue weighted by Crippen LogP contribution is -2.32. The molecule has 0 aliphatic heterocycles. The van der Waals surface area contributed by atoms with Crippen LogP contribution in [-0.2, 0) is 0 Å². The van der Waals surface area contributed by atoms with Crippen molar-refractivity contribution in [3.8, 4) is 11.5 Å². The topological polar surface area (TPSA) is 44.5 Å². The first-order valence-corrected chi connectivity index (χ1v) is 5.98. The van der Waals surface area contributed by atoms with E-state index in [1.54, 1.807) is 14.2 Å². The van der Waals surface area contributed by atoms with Gasteiger partial charge in [0.25, 0.3) is 0 Å². The normalized spacial score (nSPS) is 14.5. The summed E-state index contributed by atoms with van der Waals surface area (Å²) in [6.45, 7) is 6.43. The van der Waals surface area contributed by atoms with Gasteiger partial charge in [0.15, 0.2) is 11.5 Å². The van der Waals surface area contributed by atoms with Crippen molar-refractivity contribution in [1.29, 1.82) is 0 Å². The molecule has 0 saturated carbocycles. The van der Waals surface area contributed by atoms with Crippen LogP contribution in [0.2, 0.25) is 0 Å². The highest BCUT2D eigenvalue weighted by Crippen LogP contribution is 2.32. The number of nitrogens with two attached hydrogens (primary N) is 1. The van der Waals surface area contributed by atoms with Crippen molar-refractivity contribution in [2.45, 2.75) is 32.7 Å². The van der Waals surface area contributed by atoms with Crippen LogP contribution in [0.25, 0.3) is 0 Å².